The van der Waals surface area contributed by atoms with Gasteiger partial charge in [-0.2, -0.15) is 0 Å². The molecule has 0 N–H and O–H groups in total. The summed E-state index contributed by atoms with van der Waals surface area (Å²) in [5, 5.41) is 0. The fourth-order valence-electron chi connectivity index (χ4n) is 2.00. The van der Waals surface area contributed by atoms with Crippen molar-refractivity contribution in [2.75, 3.05) is 20.3 Å². The van der Waals surface area contributed by atoms with Gasteiger partial charge in [-0.05, 0) is 12.8 Å². The Balaban J connectivity index is 2.17. The van der Waals surface area contributed by atoms with E-state index in [2.05, 4.69) is 11.6 Å². The van der Waals surface area contributed by atoms with Crippen LogP contribution in [-0.4, -0.2) is 37.4 Å². The van der Waals surface area contributed by atoms with Gasteiger partial charge in [0.2, 0.25) is 0 Å². The summed E-state index contributed by atoms with van der Waals surface area (Å²) >= 11 is 0. The minimum Gasteiger partial charge on any atom is -0.488 e. The molecule has 0 aliphatic carbocycles. The number of pyridine rings is 1. The maximum Gasteiger partial charge on any atom is 0.342 e. The highest BCUT2D eigenvalue weighted by atomic mass is 16.5. The number of methoxy groups -OCH3 is 1. The van der Waals surface area contributed by atoms with Crippen molar-refractivity contribution in [1.29, 1.82) is 0 Å². The molecule has 1 unspecified atom stereocenters. The summed E-state index contributed by atoms with van der Waals surface area (Å²) in [7, 11) is 1.33. The maximum absolute atomic E-state index is 11.8. The van der Waals surface area contributed by atoms with Crippen LogP contribution in [0, 0.1) is 0 Å². The fraction of sp³-hybridized carbons (Fsp3) is 0.429. The summed E-state index contributed by atoms with van der Waals surface area (Å²) in [6.07, 6.45) is 6.72. The molecule has 2 heterocycles. The summed E-state index contributed by atoms with van der Waals surface area (Å²) in [6.45, 7) is 4.83. The molecule has 1 aromatic heterocycles. The molecule has 1 saturated heterocycles. The van der Waals surface area contributed by atoms with Crippen LogP contribution in [0.5, 0.6) is 5.75 Å². The second-order valence-electron chi connectivity index (χ2n) is 4.24. The van der Waals surface area contributed by atoms with E-state index in [9.17, 15) is 4.79 Å². The molecule has 1 fully saturated rings. The van der Waals surface area contributed by atoms with Gasteiger partial charge in [0, 0.05) is 18.4 Å². The number of carbonyl (C=O) groups is 1. The van der Waals surface area contributed by atoms with Crippen LogP contribution < -0.4 is 4.74 Å². The smallest absolute Gasteiger partial charge is 0.342 e. The number of rotatable bonds is 5. The molecule has 102 valence electrons. The molecule has 1 aromatic rings. The average Bonchev–Trinajstić information content (AvgIpc) is 2.97. The average molecular weight is 263 g/mol. The first-order chi connectivity index (χ1) is 9.26. The van der Waals surface area contributed by atoms with Gasteiger partial charge < -0.3 is 14.2 Å². The van der Waals surface area contributed by atoms with Gasteiger partial charge in [0.15, 0.2) is 5.75 Å². The number of esters is 1. The SMILES string of the molecule is C=Cc1cncc(OCC2CCCO2)c1C(=O)OC. The van der Waals surface area contributed by atoms with Crippen LogP contribution in [0.4, 0.5) is 0 Å². The van der Waals surface area contributed by atoms with Crippen molar-refractivity contribution in [3.63, 3.8) is 0 Å². The van der Waals surface area contributed by atoms with Gasteiger partial charge in [0.05, 0.1) is 19.4 Å². The van der Waals surface area contributed by atoms with Crippen molar-refractivity contribution in [3.05, 3.63) is 30.1 Å². The van der Waals surface area contributed by atoms with E-state index in [1.165, 1.54) is 13.3 Å². The lowest BCUT2D eigenvalue weighted by Crippen LogP contribution is -2.18. The Bertz CT molecular complexity index is 467. The van der Waals surface area contributed by atoms with Crippen molar-refractivity contribution in [1.82, 2.24) is 4.98 Å². The molecular weight excluding hydrogens is 246 g/mol. The van der Waals surface area contributed by atoms with Crippen LogP contribution in [0.15, 0.2) is 19.0 Å². The van der Waals surface area contributed by atoms with Gasteiger partial charge in [-0.3, -0.25) is 4.98 Å². The molecule has 1 aliphatic heterocycles. The van der Waals surface area contributed by atoms with Crippen LogP contribution in [0.25, 0.3) is 6.08 Å². The van der Waals surface area contributed by atoms with Crippen LogP contribution in [0.2, 0.25) is 0 Å². The van der Waals surface area contributed by atoms with Gasteiger partial charge in [0.25, 0.3) is 0 Å². The zero-order valence-corrected chi connectivity index (χ0v) is 10.9. The molecule has 0 saturated carbocycles. The zero-order valence-electron chi connectivity index (χ0n) is 10.9. The van der Waals surface area contributed by atoms with Gasteiger partial charge in [-0.25, -0.2) is 4.79 Å². The zero-order chi connectivity index (χ0) is 13.7. The quantitative estimate of drug-likeness (QED) is 0.761. The highest BCUT2D eigenvalue weighted by molar-refractivity contribution is 5.96. The monoisotopic (exact) mass is 263 g/mol. The van der Waals surface area contributed by atoms with Gasteiger partial charge >= 0.3 is 5.97 Å². The van der Waals surface area contributed by atoms with E-state index in [4.69, 9.17) is 14.2 Å². The van der Waals surface area contributed by atoms with E-state index in [1.54, 1.807) is 12.3 Å². The molecular formula is C14H17NO4. The van der Waals surface area contributed by atoms with Crippen molar-refractivity contribution in [2.24, 2.45) is 0 Å². The highest BCUT2D eigenvalue weighted by Crippen LogP contribution is 2.24. The van der Waals surface area contributed by atoms with Crippen LogP contribution >= 0.6 is 0 Å². The lowest BCUT2D eigenvalue weighted by atomic mass is 10.1. The molecule has 19 heavy (non-hydrogen) atoms. The minimum atomic E-state index is -0.459. The summed E-state index contributed by atoms with van der Waals surface area (Å²) in [4.78, 5) is 15.8. The Morgan fingerprint density at radius 3 is 3.11 bits per heavy atom. The number of ether oxygens (including phenoxy) is 3. The van der Waals surface area contributed by atoms with Crippen molar-refractivity contribution < 1.29 is 19.0 Å². The fourth-order valence-corrected chi connectivity index (χ4v) is 2.00. The van der Waals surface area contributed by atoms with Crippen molar-refractivity contribution in [2.45, 2.75) is 18.9 Å². The number of hydrogen-bond acceptors (Lipinski definition) is 5. The third kappa shape index (κ3) is 3.12. The largest absolute Gasteiger partial charge is 0.488 e. The first-order valence-electron chi connectivity index (χ1n) is 6.19. The third-order valence-electron chi connectivity index (χ3n) is 3.00. The molecule has 0 radical (unpaired) electrons. The summed E-state index contributed by atoms with van der Waals surface area (Å²) in [5.74, 6) is -0.0561. The highest BCUT2D eigenvalue weighted by Gasteiger charge is 2.20. The standard InChI is InChI=1S/C14H17NO4/c1-3-10-7-15-8-12(13(10)14(16)17-2)19-9-11-5-4-6-18-11/h3,7-8,11H,1,4-6,9H2,2H3. The Morgan fingerprint density at radius 1 is 1.63 bits per heavy atom. The van der Waals surface area contributed by atoms with E-state index < -0.39 is 5.97 Å². The van der Waals surface area contributed by atoms with Gasteiger partial charge in [-0.1, -0.05) is 12.7 Å². The van der Waals surface area contributed by atoms with E-state index in [0.717, 1.165) is 19.4 Å². The molecule has 5 nitrogen and oxygen atoms in total. The molecule has 1 aliphatic rings. The summed E-state index contributed by atoms with van der Waals surface area (Å²) in [6, 6.07) is 0. The second-order valence-corrected chi connectivity index (χ2v) is 4.24. The van der Waals surface area contributed by atoms with E-state index in [-0.39, 0.29) is 6.10 Å². The Morgan fingerprint density at radius 2 is 2.47 bits per heavy atom. The Hall–Kier alpha value is -1.88. The first-order valence-corrected chi connectivity index (χ1v) is 6.19. The molecule has 5 heteroatoms. The maximum atomic E-state index is 11.8. The second kappa shape index (κ2) is 6.33. The van der Waals surface area contributed by atoms with Crippen molar-refractivity contribution >= 4 is 12.0 Å². The first kappa shape index (κ1) is 13.5. The third-order valence-corrected chi connectivity index (χ3v) is 3.00. The van der Waals surface area contributed by atoms with Crippen LogP contribution in [0.1, 0.15) is 28.8 Å². The lowest BCUT2D eigenvalue weighted by molar-refractivity contribution is 0.0567. The van der Waals surface area contributed by atoms with Crippen LogP contribution in [0.3, 0.4) is 0 Å². The predicted octanol–water partition coefficient (Wildman–Crippen LogP) is 2.07. The number of aromatic nitrogens is 1. The molecule has 1 atom stereocenters. The predicted molar refractivity (Wildman–Crippen MR) is 70.1 cm³/mol. The van der Waals surface area contributed by atoms with Gasteiger partial charge in [0.1, 0.15) is 12.2 Å². The minimum absolute atomic E-state index is 0.0814. The van der Waals surface area contributed by atoms with Gasteiger partial charge in [-0.15, -0.1) is 0 Å². The number of carbonyl (C=O) groups excluding carboxylic acids is 1. The van der Waals surface area contributed by atoms with Crippen molar-refractivity contribution in [3.8, 4) is 5.75 Å². The topological polar surface area (TPSA) is 57.7 Å². The molecule has 0 aromatic carbocycles. The summed E-state index contributed by atoms with van der Waals surface area (Å²) < 4.78 is 15.9. The van der Waals surface area contributed by atoms with E-state index >= 15 is 0 Å². The Kier molecular flexibility index (Phi) is 4.52. The molecule has 0 amide bonds. The van der Waals surface area contributed by atoms with E-state index in [0.29, 0.717) is 23.5 Å². The van der Waals surface area contributed by atoms with E-state index in [1.807, 2.05) is 0 Å². The Labute approximate surface area is 112 Å². The summed E-state index contributed by atoms with van der Waals surface area (Å²) in [5.41, 5.74) is 0.946. The lowest BCUT2D eigenvalue weighted by Gasteiger charge is -2.14. The molecule has 0 bridgehead atoms. The van der Waals surface area contributed by atoms with Crippen LogP contribution in [-0.2, 0) is 9.47 Å². The number of hydrogen-bond donors (Lipinski definition) is 0. The normalized spacial score (nSPS) is 18.1. The molecule has 2 rings (SSSR count). The number of nitrogens with zero attached hydrogens (tertiary/aromatic N) is 1. The molecule has 0 spiro atoms.